The van der Waals surface area contributed by atoms with Crippen LogP contribution in [0.3, 0.4) is 0 Å². The monoisotopic (exact) mass is 522 g/mol. The van der Waals surface area contributed by atoms with E-state index in [1.165, 1.54) is 31.4 Å². The Balaban J connectivity index is 1.99. The van der Waals surface area contributed by atoms with Gasteiger partial charge in [-0.05, 0) is 67.4 Å². The van der Waals surface area contributed by atoms with Crippen LogP contribution in [-0.4, -0.2) is 21.4 Å². The summed E-state index contributed by atoms with van der Waals surface area (Å²) < 4.78 is 36.7. The number of ether oxygens (including phenoxy) is 1. The van der Waals surface area contributed by atoms with E-state index in [1.54, 1.807) is 48.5 Å². The summed E-state index contributed by atoms with van der Waals surface area (Å²) in [6, 6.07) is 17.8. The minimum absolute atomic E-state index is 0.00277. The zero-order valence-corrected chi connectivity index (χ0v) is 21.2. The Kier molecular flexibility index (Phi) is 8.54. The number of nitriles is 1. The van der Waals surface area contributed by atoms with Gasteiger partial charge in [0.15, 0.2) is 11.5 Å². The number of allylic oxidation sites excluding steroid dienone is 1. The van der Waals surface area contributed by atoms with E-state index in [4.69, 9.17) is 20.5 Å². The number of nitrogens with one attached hydrogen (secondary N) is 1. The molecular weight excluding hydrogens is 500 g/mol. The van der Waals surface area contributed by atoms with Crippen molar-refractivity contribution in [3.8, 4) is 17.6 Å². The van der Waals surface area contributed by atoms with Gasteiger partial charge in [-0.2, -0.15) is 13.7 Å². The van der Waals surface area contributed by atoms with Crippen LogP contribution in [0.15, 0.2) is 83.8 Å². The van der Waals surface area contributed by atoms with E-state index in [9.17, 15) is 18.5 Å². The minimum atomic E-state index is -4.15. The van der Waals surface area contributed by atoms with Crippen LogP contribution in [0.4, 0.5) is 5.69 Å². The van der Waals surface area contributed by atoms with Gasteiger partial charge >= 0.3 is 10.1 Å². The van der Waals surface area contributed by atoms with Crippen LogP contribution in [0, 0.1) is 18.3 Å². The Bertz CT molecular complexity index is 1470. The molecule has 0 aliphatic rings. The molecule has 3 rings (SSSR count). The summed E-state index contributed by atoms with van der Waals surface area (Å²) >= 11 is 5.95. The van der Waals surface area contributed by atoms with Crippen molar-refractivity contribution < 1.29 is 22.1 Å². The Morgan fingerprint density at radius 3 is 2.50 bits per heavy atom. The molecule has 9 heteroatoms. The van der Waals surface area contributed by atoms with E-state index >= 15 is 0 Å². The van der Waals surface area contributed by atoms with E-state index in [0.29, 0.717) is 21.8 Å². The van der Waals surface area contributed by atoms with E-state index in [0.717, 1.165) is 5.56 Å². The van der Waals surface area contributed by atoms with Crippen molar-refractivity contribution >= 4 is 39.4 Å². The number of carbonyl (C=O) groups is 1. The van der Waals surface area contributed by atoms with Gasteiger partial charge < -0.3 is 14.2 Å². The fourth-order valence-electron chi connectivity index (χ4n) is 3.26. The maximum atomic E-state index is 12.9. The number of carbonyl (C=O) groups excluding carboxylic acids is 1. The summed E-state index contributed by atoms with van der Waals surface area (Å²) in [6.45, 7) is 5.56. The number of amides is 1. The van der Waals surface area contributed by atoms with E-state index in [-0.39, 0.29) is 28.4 Å². The second-order valence-electron chi connectivity index (χ2n) is 7.69. The molecule has 0 atom stereocenters. The minimum Gasteiger partial charge on any atom is -0.493 e. The zero-order chi connectivity index (χ0) is 26.3. The predicted octanol–water partition coefficient (Wildman–Crippen LogP) is 5.70. The molecule has 0 aliphatic heterocycles. The van der Waals surface area contributed by atoms with Crippen molar-refractivity contribution in [2.75, 3.05) is 12.4 Å². The predicted molar refractivity (Wildman–Crippen MR) is 140 cm³/mol. The summed E-state index contributed by atoms with van der Waals surface area (Å²) in [7, 11) is -2.79. The number of benzene rings is 3. The fraction of sp³-hybridized carbons (Fsp3) is 0.111. The van der Waals surface area contributed by atoms with Crippen LogP contribution in [-0.2, 0) is 21.3 Å². The maximum Gasteiger partial charge on any atom is 0.339 e. The van der Waals surface area contributed by atoms with Gasteiger partial charge in [-0.15, -0.1) is 6.58 Å². The molecular formula is C27H23ClN2O5S. The number of halogens is 1. The molecule has 184 valence electrons. The van der Waals surface area contributed by atoms with Crippen molar-refractivity contribution in [1.29, 1.82) is 5.26 Å². The number of nitrogens with zero attached hydrogens (tertiary/aromatic N) is 1. The number of hydrogen-bond acceptors (Lipinski definition) is 6. The van der Waals surface area contributed by atoms with Gasteiger partial charge in [-0.1, -0.05) is 41.4 Å². The zero-order valence-electron chi connectivity index (χ0n) is 19.6. The molecule has 0 bridgehead atoms. The van der Waals surface area contributed by atoms with Crippen LogP contribution in [0.5, 0.6) is 11.5 Å². The lowest BCUT2D eigenvalue weighted by Gasteiger charge is -2.16. The molecule has 0 fully saturated rings. The number of methoxy groups -OCH3 is 1. The van der Waals surface area contributed by atoms with Crippen molar-refractivity contribution in [1.82, 2.24) is 0 Å². The molecule has 0 aliphatic carbocycles. The van der Waals surface area contributed by atoms with Gasteiger partial charge in [0.2, 0.25) is 0 Å². The third kappa shape index (κ3) is 6.54. The van der Waals surface area contributed by atoms with Gasteiger partial charge in [0.1, 0.15) is 16.5 Å². The number of aryl methyl sites for hydroxylation is 1. The van der Waals surface area contributed by atoms with Crippen LogP contribution < -0.4 is 14.2 Å². The molecule has 0 saturated carbocycles. The average Bonchev–Trinajstić information content (AvgIpc) is 2.84. The second kappa shape index (κ2) is 11.6. The molecule has 0 aromatic heterocycles. The van der Waals surface area contributed by atoms with Gasteiger partial charge in [-0.25, -0.2) is 0 Å². The highest BCUT2D eigenvalue weighted by molar-refractivity contribution is 7.87. The largest absolute Gasteiger partial charge is 0.493 e. The lowest BCUT2D eigenvalue weighted by atomic mass is 10.0. The Morgan fingerprint density at radius 2 is 1.89 bits per heavy atom. The van der Waals surface area contributed by atoms with E-state index < -0.39 is 16.0 Å². The van der Waals surface area contributed by atoms with Crippen molar-refractivity contribution in [3.05, 3.63) is 101 Å². The summed E-state index contributed by atoms with van der Waals surface area (Å²) in [5, 5.41) is 12.6. The van der Waals surface area contributed by atoms with Crippen molar-refractivity contribution in [2.24, 2.45) is 0 Å². The quantitative estimate of drug-likeness (QED) is 0.167. The molecule has 7 nitrogen and oxygen atoms in total. The van der Waals surface area contributed by atoms with Crippen LogP contribution in [0.2, 0.25) is 5.02 Å². The normalized spacial score (nSPS) is 11.3. The molecule has 0 heterocycles. The maximum absolute atomic E-state index is 12.9. The van der Waals surface area contributed by atoms with Crippen LogP contribution in [0.25, 0.3) is 6.08 Å². The Hall–Kier alpha value is -4.06. The lowest BCUT2D eigenvalue weighted by Crippen LogP contribution is -2.13. The van der Waals surface area contributed by atoms with Gasteiger partial charge in [-0.3, -0.25) is 4.79 Å². The summed E-state index contributed by atoms with van der Waals surface area (Å²) in [5.74, 6) is -0.521. The molecule has 1 N–H and O–H groups in total. The number of anilines is 1. The van der Waals surface area contributed by atoms with Gasteiger partial charge in [0.25, 0.3) is 5.91 Å². The molecule has 3 aromatic carbocycles. The van der Waals surface area contributed by atoms with Crippen LogP contribution >= 0.6 is 11.6 Å². The SMILES string of the molecule is C=CCc1cc(/C=C(\C#N)C(=O)Nc2cccc(Cl)c2)cc(OC)c1OS(=O)(=O)c1ccc(C)cc1. The molecule has 0 spiro atoms. The standard InChI is InChI=1S/C27H23ClN2O5S/c1-4-6-20-13-19(14-21(17-29)27(31)30-23-8-5-7-22(28)16-23)15-25(34-3)26(20)35-36(32,33)24-11-9-18(2)10-12-24/h4-5,7-16H,1,6H2,2-3H3,(H,30,31)/b21-14+. The smallest absolute Gasteiger partial charge is 0.339 e. The molecule has 0 unspecified atom stereocenters. The highest BCUT2D eigenvalue weighted by Crippen LogP contribution is 2.36. The Morgan fingerprint density at radius 1 is 1.17 bits per heavy atom. The second-order valence-corrected chi connectivity index (χ2v) is 9.67. The first-order valence-electron chi connectivity index (χ1n) is 10.7. The van der Waals surface area contributed by atoms with E-state index in [1.807, 2.05) is 13.0 Å². The highest BCUT2D eigenvalue weighted by Gasteiger charge is 2.22. The van der Waals surface area contributed by atoms with Crippen molar-refractivity contribution in [3.63, 3.8) is 0 Å². The fourth-order valence-corrected chi connectivity index (χ4v) is 4.43. The van der Waals surface area contributed by atoms with Crippen LogP contribution in [0.1, 0.15) is 16.7 Å². The molecule has 36 heavy (non-hydrogen) atoms. The first-order valence-corrected chi connectivity index (χ1v) is 12.5. The van der Waals surface area contributed by atoms with Gasteiger partial charge in [0.05, 0.1) is 7.11 Å². The Labute approximate surface area is 215 Å². The first-order chi connectivity index (χ1) is 17.2. The highest BCUT2D eigenvalue weighted by atomic mass is 35.5. The summed E-state index contributed by atoms with van der Waals surface area (Å²) in [4.78, 5) is 12.7. The number of hydrogen-bond donors (Lipinski definition) is 1. The molecule has 3 aromatic rings. The average molecular weight is 523 g/mol. The summed E-state index contributed by atoms with van der Waals surface area (Å²) in [6.07, 6.45) is 3.19. The van der Waals surface area contributed by atoms with Gasteiger partial charge in [0, 0.05) is 16.3 Å². The van der Waals surface area contributed by atoms with Crippen molar-refractivity contribution in [2.45, 2.75) is 18.2 Å². The molecule has 0 radical (unpaired) electrons. The topological polar surface area (TPSA) is 105 Å². The molecule has 1 amide bonds. The van der Waals surface area contributed by atoms with E-state index in [2.05, 4.69) is 11.9 Å². The first kappa shape index (κ1) is 26.5. The third-order valence-corrected chi connectivity index (χ3v) is 6.47. The third-order valence-electron chi connectivity index (χ3n) is 5.00. The summed E-state index contributed by atoms with van der Waals surface area (Å²) in [5.41, 5.74) is 2.04. The lowest BCUT2D eigenvalue weighted by molar-refractivity contribution is -0.112. The molecule has 0 saturated heterocycles. The number of rotatable bonds is 9.